The normalized spacial score (nSPS) is 20.5. The fourth-order valence-corrected chi connectivity index (χ4v) is 3.22. The van der Waals surface area contributed by atoms with Gasteiger partial charge in [0.25, 0.3) is 5.91 Å². The summed E-state index contributed by atoms with van der Waals surface area (Å²) >= 11 is 5.90. The molecular formula is C17H22Cl2N4O. The van der Waals surface area contributed by atoms with Crippen LogP contribution in [0.15, 0.2) is 30.3 Å². The lowest BCUT2D eigenvalue weighted by Crippen LogP contribution is -2.49. The van der Waals surface area contributed by atoms with Gasteiger partial charge in [-0.3, -0.25) is 9.89 Å². The first-order chi connectivity index (χ1) is 11.1. The van der Waals surface area contributed by atoms with Gasteiger partial charge in [-0.1, -0.05) is 30.7 Å². The largest absolute Gasteiger partial charge is 0.333 e. The zero-order chi connectivity index (χ0) is 16.4. The summed E-state index contributed by atoms with van der Waals surface area (Å²) in [5, 5.41) is 7.78. The summed E-state index contributed by atoms with van der Waals surface area (Å²) in [6.45, 7) is 3.45. The molecule has 130 valence electrons. The number of benzene rings is 1. The molecular weight excluding hydrogens is 347 g/mol. The van der Waals surface area contributed by atoms with Crippen molar-refractivity contribution < 1.29 is 4.79 Å². The van der Waals surface area contributed by atoms with E-state index in [0.717, 1.165) is 30.6 Å². The third-order valence-electron chi connectivity index (χ3n) is 4.46. The number of carbonyl (C=O) groups excluding carboxylic acids is 1. The van der Waals surface area contributed by atoms with Crippen LogP contribution < -0.4 is 5.73 Å². The van der Waals surface area contributed by atoms with Crippen LogP contribution >= 0.6 is 24.0 Å². The van der Waals surface area contributed by atoms with Crippen molar-refractivity contribution in [2.45, 2.75) is 25.8 Å². The van der Waals surface area contributed by atoms with Gasteiger partial charge in [0, 0.05) is 29.7 Å². The molecule has 0 aliphatic carbocycles. The van der Waals surface area contributed by atoms with Crippen molar-refractivity contribution in [3.05, 3.63) is 41.0 Å². The molecule has 24 heavy (non-hydrogen) atoms. The number of carbonyl (C=O) groups is 1. The predicted molar refractivity (Wildman–Crippen MR) is 98.6 cm³/mol. The van der Waals surface area contributed by atoms with E-state index in [2.05, 4.69) is 17.1 Å². The van der Waals surface area contributed by atoms with E-state index in [4.69, 9.17) is 17.3 Å². The molecule has 0 radical (unpaired) electrons. The van der Waals surface area contributed by atoms with Crippen LogP contribution in [0.5, 0.6) is 0 Å². The Labute approximate surface area is 153 Å². The second-order valence-corrected chi connectivity index (χ2v) is 6.63. The molecule has 5 nitrogen and oxygen atoms in total. The lowest BCUT2D eigenvalue weighted by atomic mass is 9.92. The van der Waals surface area contributed by atoms with E-state index in [1.165, 1.54) is 0 Å². The molecule has 2 unspecified atom stereocenters. The topological polar surface area (TPSA) is 75.0 Å². The molecule has 1 saturated heterocycles. The van der Waals surface area contributed by atoms with Gasteiger partial charge in [0.2, 0.25) is 0 Å². The molecule has 3 N–H and O–H groups in total. The van der Waals surface area contributed by atoms with Crippen LogP contribution in [0.4, 0.5) is 0 Å². The Morgan fingerprint density at radius 1 is 1.42 bits per heavy atom. The Kier molecular flexibility index (Phi) is 6.27. The average Bonchev–Trinajstić information content (AvgIpc) is 3.04. The van der Waals surface area contributed by atoms with Crippen molar-refractivity contribution in [3.8, 4) is 11.3 Å². The lowest BCUT2D eigenvalue weighted by Gasteiger charge is -2.37. The van der Waals surface area contributed by atoms with Crippen molar-refractivity contribution in [2.75, 3.05) is 13.1 Å². The maximum atomic E-state index is 12.8. The van der Waals surface area contributed by atoms with Crippen LogP contribution in [0.2, 0.25) is 5.02 Å². The Morgan fingerprint density at radius 3 is 2.79 bits per heavy atom. The summed E-state index contributed by atoms with van der Waals surface area (Å²) < 4.78 is 0. The van der Waals surface area contributed by atoms with Crippen LogP contribution in [-0.2, 0) is 0 Å². The van der Waals surface area contributed by atoms with Gasteiger partial charge in [0.1, 0.15) is 5.69 Å². The smallest absolute Gasteiger partial charge is 0.272 e. The van der Waals surface area contributed by atoms with Crippen LogP contribution in [0, 0.1) is 5.92 Å². The van der Waals surface area contributed by atoms with Crippen molar-refractivity contribution >= 4 is 29.9 Å². The summed E-state index contributed by atoms with van der Waals surface area (Å²) in [7, 11) is 0. The third-order valence-corrected chi connectivity index (χ3v) is 4.71. The molecule has 1 amide bonds. The Hall–Kier alpha value is -1.56. The molecule has 2 heterocycles. The SMILES string of the molecule is CC1CCN(C(=O)c2cc(-c3ccc(Cl)cc3)n[nH]2)C(CN)C1.Cl. The van der Waals surface area contributed by atoms with E-state index in [0.29, 0.717) is 23.2 Å². The summed E-state index contributed by atoms with van der Waals surface area (Å²) in [6.07, 6.45) is 1.97. The molecule has 1 aliphatic heterocycles. The highest BCUT2D eigenvalue weighted by Gasteiger charge is 2.30. The van der Waals surface area contributed by atoms with Crippen LogP contribution in [0.3, 0.4) is 0 Å². The second-order valence-electron chi connectivity index (χ2n) is 6.19. The standard InChI is InChI=1S/C17H21ClN4O.ClH/c1-11-6-7-22(14(8-11)10-19)17(23)16-9-15(20-21-16)12-2-4-13(18)5-3-12;/h2-5,9,11,14H,6-8,10,19H2,1H3,(H,20,21);1H. The van der Waals surface area contributed by atoms with Gasteiger partial charge in [0.15, 0.2) is 0 Å². The van der Waals surface area contributed by atoms with Crippen molar-refractivity contribution in [1.29, 1.82) is 0 Å². The lowest BCUT2D eigenvalue weighted by molar-refractivity contribution is 0.0567. The molecule has 2 atom stereocenters. The monoisotopic (exact) mass is 368 g/mol. The second kappa shape index (κ2) is 8.01. The molecule has 7 heteroatoms. The van der Waals surface area contributed by atoms with Crippen LogP contribution in [0.25, 0.3) is 11.3 Å². The predicted octanol–water partition coefficient (Wildman–Crippen LogP) is 3.35. The zero-order valence-electron chi connectivity index (χ0n) is 13.5. The van der Waals surface area contributed by atoms with Gasteiger partial charge in [-0.05, 0) is 37.0 Å². The highest BCUT2D eigenvalue weighted by Crippen LogP contribution is 2.25. The summed E-state index contributed by atoms with van der Waals surface area (Å²) in [5.41, 5.74) is 8.01. The summed E-state index contributed by atoms with van der Waals surface area (Å²) in [5.74, 6) is 0.582. The third kappa shape index (κ3) is 3.91. The maximum absolute atomic E-state index is 12.8. The van der Waals surface area contributed by atoms with Crippen molar-refractivity contribution in [3.63, 3.8) is 0 Å². The summed E-state index contributed by atoms with van der Waals surface area (Å²) in [6, 6.07) is 9.29. The van der Waals surface area contributed by atoms with Gasteiger partial charge >= 0.3 is 0 Å². The molecule has 0 spiro atoms. The fraction of sp³-hybridized carbons (Fsp3) is 0.412. The molecule has 1 fully saturated rings. The number of rotatable bonds is 3. The Bertz CT molecular complexity index is 686. The van der Waals surface area contributed by atoms with Gasteiger partial charge in [-0.2, -0.15) is 5.10 Å². The van der Waals surface area contributed by atoms with Crippen molar-refractivity contribution in [2.24, 2.45) is 11.7 Å². The van der Waals surface area contributed by atoms with E-state index in [9.17, 15) is 4.79 Å². The number of H-pyrrole nitrogens is 1. The molecule has 1 aromatic heterocycles. The maximum Gasteiger partial charge on any atom is 0.272 e. The van der Waals surface area contributed by atoms with Gasteiger partial charge in [-0.25, -0.2) is 0 Å². The van der Waals surface area contributed by atoms with E-state index in [1.54, 1.807) is 6.07 Å². The number of likely N-dealkylation sites (tertiary alicyclic amines) is 1. The number of hydrogen-bond donors (Lipinski definition) is 2. The number of halogens is 2. The minimum absolute atomic E-state index is 0. The number of nitrogens with zero attached hydrogens (tertiary/aromatic N) is 2. The molecule has 0 saturated carbocycles. The number of aromatic amines is 1. The van der Waals surface area contributed by atoms with Gasteiger partial charge in [-0.15, -0.1) is 12.4 Å². The van der Waals surface area contributed by atoms with Crippen LogP contribution in [0.1, 0.15) is 30.3 Å². The highest BCUT2D eigenvalue weighted by molar-refractivity contribution is 6.30. The molecule has 1 aliphatic rings. The van der Waals surface area contributed by atoms with Gasteiger partial charge in [0.05, 0.1) is 5.69 Å². The number of amides is 1. The van der Waals surface area contributed by atoms with Gasteiger partial charge < -0.3 is 10.6 Å². The Balaban J connectivity index is 0.00000208. The highest BCUT2D eigenvalue weighted by atomic mass is 35.5. The number of nitrogens with one attached hydrogen (secondary N) is 1. The van der Waals surface area contributed by atoms with E-state index in [-0.39, 0.29) is 24.4 Å². The first-order valence-electron chi connectivity index (χ1n) is 7.91. The van der Waals surface area contributed by atoms with Crippen LogP contribution in [-0.4, -0.2) is 40.1 Å². The fourth-order valence-electron chi connectivity index (χ4n) is 3.10. The minimum atomic E-state index is -0.0277. The Morgan fingerprint density at radius 2 is 2.12 bits per heavy atom. The first-order valence-corrected chi connectivity index (χ1v) is 8.28. The molecule has 0 bridgehead atoms. The molecule has 3 rings (SSSR count). The quantitative estimate of drug-likeness (QED) is 0.871. The number of piperidine rings is 1. The summed E-state index contributed by atoms with van der Waals surface area (Å²) in [4.78, 5) is 14.6. The number of nitrogens with two attached hydrogens (primary N) is 1. The van der Waals surface area contributed by atoms with E-state index >= 15 is 0 Å². The van der Waals surface area contributed by atoms with E-state index < -0.39 is 0 Å². The molecule has 2 aromatic rings. The zero-order valence-corrected chi connectivity index (χ0v) is 15.1. The van der Waals surface area contributed by atoms with Crippen molar-refractivity contribution in [1.82, 2.24) is 15.1 Å². The molecule has 1 aromatic carbocycles. The first kappa shape index (κ1) is 18.8. The number of hydrogen-bond acceptors (Lipinski definition) is 3. The van der Waals surface area contributed by atoms with E-state index in [1.807, 2.05) is 29.2 Å². The average molecular weight is 369 g/mol. The number of aromatic nitrogens is 2. The minimum Gasteiger partial charge on any atom is -0.333 e.